The molecule has 1 aliphatic rings. The van der Waals surface area contributed by atoms with Crippen LogP contribution < -0.4 is 5.73 Å². The van der Waals surface area contributed by atoms with E-state index in [1.54, 1.807) is 0 Å². The van der Waals surface area contributed by atoms with Gasteiger partial charge in [-0.1, -0.05) is 11.6 Å². The predicted octanol–water partition coefficient (Wildman–Crippen LogP) is 1.37. The summed E-state index contributed by atoms with van der Waals surface area (Å²) in [5.74, 6) is 0.703. The SMILES string of the molecule is Cc1ccc(N)c(-c2nnnn2C2(C)CCOC2)c1. The van der Waals surface area contributed by atoms with E-state index in [0.717, 1.165) is 24.2 Å². The van der Waals surface area contributed by atoms with Crippen molar-refractivity contribution in [1.29, 1.82) is 0 Å². The first kappa shape index (κ1) is 12.1. The number of hydrogen-bond acceptors (Lipinski definition) is 5. The summed E-state index contributed by atoms with van der Waals surface area (Å²) in [6.07, 6.45) is 0.900. The molecule has 6 nitrogen and oxygen atoms in total. The summed E-state index contributed by atoms with van der Waals surface area (Å²) in [6.45, 7) is 5.49. The van der Waals surface area contributed by atoms with Gasteiger partial charge in [0.15, 0.2) is 5.82 Å². The van der Waals surface area contributed by atoms with Crippen LogP contribution in [0.1, 0.15) is 18.9 Å². The Hall–Kier alpha value is -1.95. The van der Waals surface area contributed by atoms with Crippen molar-refractivity contribution in [2.75, 3.05) is 18.9 Å². The minimum atomic E-state index is -0.199. The molecular formula is C13H17N5O. The van der Waals surface area contributed by atoms with Gasteiger partial charge in [-0.15, -0.1) is 5.10 Å². The van der Waals surface area contributed by atoms with Gasteiger partial charge >= 0.3 is 0 Å². The fourth-order valence-corrected chi connectivity index (χ4v) is 2.41. The average molecular weight is 259 g/mol. The molecule has 2 heterocycles. The van der Waals surface area contributed by atoms with E-state index in [-0.39, 0.29) is 5.54 Å². The number of aryl methyl sites for hydroxylation is 1. The zero-order valence-electron chi connectivity index (χ0n) is 11.1. The topological polar surface area (TPSA) is 78.9 Å². The third kappa shape index (κ3) is 1.98. The summed E-state index contributed by atoms with van der Waals surface area (Å²) >= 11 is 0. The monoisotopic (exact) mass is 259 g/mol. The van der Waals surface area contributed by atoms with Crippen LogP contribution in [0.15, 0.2) is 18.2 Å². The van der Waals surface area contributed by atoms with Crippen molar-refractivity contribution in [1.82, 2.24) is 20.2 Å². The minimum absolute atomic E-state index is 0.199. The molecule has 1 aliphatic heterocycles. The fourth-order valence-electron chi connectivity index (χ4n) is 2.41. The van der Waals surface area contributed by atoms with Gasteiger partial charge < -0.3 is 10.5 Å². The molecule has 1 unspecified atom stereocenters. The molecule has 0 aliphatic carbocycles. The molecule has 100 valence electrons. The van der Waals surface area contributed by atoms with Crippen molar-refractivity contribution >= 4 is 5.69 Å². The standard InChI is InChI=1S/C13H17N5O/c1-9-3-4-11(14)10(7-9)12-15-16-17-18(12)13(2)5-6-19-8-13/h3-4,7H,5-6,8,14H2,1-2H3. The van der Waals surface area contributed by atoms with E-state index in [9.17, 15) is 0 Å². The van der Waals surface area contributed by atoms with Crippen LogP contribution in [0.3, 0.4) is 0 Å². The van der Waals surface area contributed by atoms with Gasteiger partial charge in [0.1, 0.15) is 0 Å². The van der Waals surface area contributed by atoms with Gasteiger partial charge in [-0.2, -0.15) is 0 Å². The van der Waals surface area contributed by atoms with Crippen molar-refractivity contribution in [3.05, 3.63) is 23.8 Å². The summed E-state index contributed by atoms with van der Waals surface area (Å²) in [4.78, 5) is 0. The van der Waals surface area contributed by atoms with E-state index in [0.29, 0.717) is 18.1 Å². The van der Waals surface area contributed by atoms with Crippen molar-refractivity contribution < 1.29 is 4.74 Å². The number of nitrogens with zero attached hydrogens (tertiary/aromatic N) is 4. The highest BCUT2D eigenvalue weighted by Gasteiger charge is 2.35. The van der Waals surface area contributed by atoms with Crippen LogP contribution in [-0.4, -0.2) is 33.4 Å². The molecule has 0 saturated carbocycles. The predicted molar refractivity (Wildman–Crippen MR) is 71.5 cm³/mol. The third-order valence-electron chi connectivity index (χ3n) is 3.63. The first-order valence-electron chi connectivity index (χ1n) is 6.33. The number of rotatable bonds is 2. The molecule has 0 amide bonds. The molecule has 1 fully saturated rings. The maximum absolute atomic E-state index is 6.05. The number of nitrogens with two attached hydrogens (primary N) is 1. The Balaban J connectivity index is 2.12. The summed E-state index contributed by atoms with van der Waals surface area (Å²) < 4.78 is 7.32. The number of aromatic nitrogens is 4. The average Bonchev–Trinajstić information content (AvgIpc) is 3.01. The number of hydrogen-bond donors (Lipinski definition) is 1. The number of anilines is 1. The molecule has 2 N–H and O–H groups in total. The summed E-state index contributed by atoms with van der Waals surface area (Å²) in [6, 6.07) is 5.88. The fraction of sp³-hybridized carbons (Fsp3) is 0.462. The largest absolute Gasteiger partial charge is 0.398 e. The smallest absolute Gasteiger partial charge is 0.184 e. The van der Waals surface area contributed by atoms with Crippen LogP contribution in [0.25, 0.3) is 11.4 Å². The van der Waals surface area contributed by atoms with Gasteiger partial charge in [-0.3, -0.25) is 0 Å². The van der Waals surface area contributed by atoms with E-state index >= 15 is 0 Å². The van der Waals surface area contributed by atoms with Crippen molar-refractivity contribution in [3.8, 4) is 11.4 Å². The first-order chi connectivity index (χ1) is 9.10. The lowest BCUT2D eigenvalue weighted by atomic mass is 10.0. The Bertz CT molecular complexity index is 601. The van der Waals surface area contributed by atoms with Gasteiger partial charge in [0.05, 0.1) is 12.1 Å². The molecule has 1 saturated heterocycles. The highest BCUT2D eigenvalue weighted by molar-refractivity contribution is 5.72. The van der Waals surface area contributed by atoms with Crippen LogP contribution in [0.5, 0.6) is 0 Å². The van der Waals surface area contributed by atoms with Gasteiger partial charge in [0.2, 0.25) is 0 Å². The minimum Gasteiger partial charge on any atom is -0.398 e. The Kier molecular flexibility index (Phi) is 2.74. The molecule has 0 spiro atoms. The molecule has 1 aromatic heterocycles. The maximum Gasteiger partial charge on any atom is 0.184 e. The maximum atomic E-state index is 6.05. The Morgan fingerprint density at radius 2 is 2.26 bits per heavy atom. The van der Waals surface area contributed by atoms with Crippen molar-refractivity contribution in [2.45, 2.75) is 25.8 Å². The summed E-state index contributed by atoms with van der Waals surface area (Å²) in [5.41, 5.74) is 8.54. The lowest BCUT2D eigenvalue weighted by Crippen LogP contribution is -2.32. The number of benzene rings is 1. The van der Waals surface area contributed by atoms with Crippen LogP contribution in [-0.2, 0) is 10.3 Å². The molecule has 2 aromatic rings. The van der Waals surface area contributed by atoms with Gasteiger partial charge in [0, 0.05) is 17.9 Å². The molecule has 1 atom stereocenters. The van der Waals surface area contributed by atoms with Crippen molar-refractivity contribution in [2.24, 2.45) is 0 Å². The molecule has 3 rings (SSSR count). The second kappa shape index (κ2) is 4.31. The van der Waals surface area contributed by atoms with Gasteiger partial charge in [-0.05, 0) is 42.8 Å². The molecule has 6 heteroatoms. The normalized spacial score (nSPS) is 22.8. The quantitative estimate of drug-likeness (QED) is 0.824. The zero-order valence-corrected chi connectivity index (χ0v) is 11.1. The Labute approximate surface area is 111 Å². The van der Waals surface area contributed by atoms with Crippen LogP contribution in [0.2, 0.25) is 0 Å². The van der Waals surface area contributed by atoms with E-state index in [2.05, 4.69) is 22.4 Å². The Morgan fingerprint density at radius 3 is 3.00 bits per heavy atom. The lowest BCUT2D eigenvalue weighted by Gasteiger charge is -2.23. The van der Waals surface area contributed by atoms with Crippen LogP contribution >= 0.6 is 0 Å². The number of tetrazole rings is 1. The van der Waals surface area contributed by atoms with Crippen LogP contribution in [0.4, 0.5) is 5.69 Å². The molecule has 0 radical (unpaired) electrons. The molecule has 0 bridgehead atoms. The van der Waals surface area contributed by atoms with E-state index < -0.39 is 0 Å². The highest BCUT2D eigenvalue weighted by atomic mass is 16.5. The highest BCUT2D eigenvalue weighted by Crippen LogP contribution is 2.32. The molecular weight excluding hydrogens is 242 g/mol. The Morgan fingerprint density at radius 1 is 1.42 bits per heavy atom. The van der Waals surface area contributed by atoms with E-state index in [1.165, 1.54) is 0 Å². The van der Waals surface area contributed by atoms with Crippen molar-refractivity contribution in [3.63, 3.8) is 0 Å². The second-order valence-corrected chi connectivity index (χ2v) is 5.30. The molecule has 19 heavy (non-hydrogen) atoms. The van der Waals surface area contributed by atoms with Gasteiger partial charge in [-0.25, -0.2) is 4.68 Å². The number of ether oxygens (including phenoxy) is 1. The first-order valence-corrected chi connectivity index (χ1v) is 6.33. The van der Waals surface area contributed by atoms with Gasteiger partial charge in [0.25, 0.3) is 0 Å². The summed E-state index contributed by atoms with van der Waals surface area (Å²) in [5, 5.41) is 12.1. The lowest BCUT2D eigenvalue weighted by molar-refractivity contribution is 0.155. The number of nitrogen functional groups attached to an aromatic ring is 1. The van der Waals surface area contributed by atoms with E-state index in [4.69, 9.17) is 10.5 Å². The third-order valence-corrected chi connectivity index (χ3v) is 3.63. The zero-order chi connectivity index (χ0) is 13.5. The van der Waals surface area contributed by atoms with E-state index in [1.807, 2.05) is 29.8 Å². The summed E-state index contributed by atoms with van der Waals surface area (Å²) in [7, 11) is 0. The molecule has 1 aromatic carbocycles. The van der Waals surface area contributed by atoms with Crippen LogP contribution in [0, 0.1) is 6.92 Å². The second-order valence-electron chi connectivity index (χ2n) is 5.30.